The van der Waals surface area contributed by atoms with E-state index in [-0.39, 0.29) is 5.56 Å². The highest BCUT2D eigenvalue weighted by Crippen LogP contribution is 2.19. The fraction of sp³-hybridized carbons (Fsp3) is 0.0714. The van der Waals surface area contributed by atoms with Crippen LogP contribution in [0.25, 0.3) is 11.0 Å². The molecule has 1 heterocycles. The number of fused-ring (bicyclic) bond motifs is 1. The Morgan fingerprint density at radius 1 is 1.18 bits per heavy atom. The van der Waals surface area contributed by atoms with E-state index in [9.17, 15) is 17.8 Å². The molecule has 1 aromatic heterocycles. The Morgan fingerprint density at radius 2 is 1.91 bits per heavy atom. The molecule has 112 valence electrons. The molecule has 7 nitrogen and oxygen atoms in total. The average Bonchev–Trinajstić information content (AvgIpc) is 2.88. The third kappa shape index (κ3) is 2.38. The average molecular weight is 317 g/mol. The number of carbonyl (C=O) groups excluding carboxylic acids is 1. The monoisotopic (exact) mass is 317 g/mol. The Balaban J connectivity index is 2.21. The lowest BCUT2D eigenvalue weighted by molar-refractivity contribution is 0.0944. The molecule has 0 aliphatic heterocycles. The molecule has 0 aliphatic rings. The molecular weight excluding hydrogens is 306 g/mol. The first-order chi connectivity index (χ1) is 10.4. The molecule has 0 saturated carbocycles. The van der Waals surface area contributed by atoms with Crippen molar-refractivity contribution in [1.82, 2.24) is 15.0 Å². The SMILES string of the molecule is Cc1ccc2nnn(C(=O)c3ccccc3S(=O)(=O)O)c2c1. The normalized spacial score (nSPS) is 11.7. The first-order valence-corrected chi connectivity index (χ1v) is 7.75. The molecule has 0 unspecified atom stereocenters. The largest absolute Gasteiger partial charge is 0.295 e. The van der Waals surface area contributed by atoms with E-state index in [1.54, 1.807) is 12.1 Å². The van der Waals surface area contributed by atoms with E-state index in [4.69, 9.17) is 0 Å². The van der Waals surface area contributed by atoms with Gasteiger partial charge in [0.1, 0.15) is 10.4 Å². The first kappa shape index (κ1) is 14.4. The molecule has 22 heavy (non-hydrogen) atoms. The third-order valence-corrected chi connectivity index (χ3v) is 4.10. The molecule has 2 aromatic carbocycles. The van der Waals surface area contributed by atoms with Crippen molar-refractivity contribution in [2.75, 3.05) is 0 Å². The predicted molar refractivity (Wildman–Crippen MR) is 78.3 cm³/mol. The Kier molecular flexibility index (Phi) is 3.27. The fourth-order valence-electron chi connectivity index (χ4n) is 2.16. The van der Waals surface area contributed by atoms with Gasteiger partial charge in [0, 0.05) is 0 Å². The van der Waals surface area contributed by atoms with Crippen molar-refractivity contribution in [2.24, 2.45) is 0 Å². The van der Waals surface area contributed by atoms with E-state index in [1.807, 2.05) is 13.0 Å². The molecule has 3 aromatic rings. The summed E-state index contributed by atoms with van der Waals surface area (Å²) in [5, 5.41) is 7.65. The van der Waals surface area contributed by atoms with Crippen molar-refractivity contribution in [3.63, 3.8) is 0 Å². The van der Waals surface area contributed by atoms with Crippen LogP contribution in [-0.2, 0) is 10.1 Å². The molecule has 3 rings (SSSR count). The minimum Gasteiger partial charge on any atom is -0.282 e. The highest BCUT2D eigenvalue weighted by atomic mass is 32.2. The van der Waals surface area contributed by atoms with Crippen LogP contribution in [0.2, 0.25) is 0 Å². The fourth-order valence-corrected chi connectivity index (χ4v) is 2.84. The maximum atomic E-state index is 12.6. The summed E-state index contributed by atoms with van der Waals surface area (Å²) in [5.74, 6) is -0.679. The minimum atomic E-state index is -4.51. The molecule has 0 aliphatic carbocycles. The number of benzene rings is 2. The summed E-state index contributed by atoms with van der Waals surface area (Å²) in [5.41, 5.74) is 1.73. The second kappa shape index (κ2) is 5.00. The smallest absolute Gasteiger partial charge is 0.282 e. The van der Waals surface area contributed by atoms with Crippen molar-refractivity contribution in [1.29, 1.82) is 0 Å². The second-order valence-corrected chi connectivity index (χ2v) is 6.16. The van der Waals surface area contributed by atoms with Crippen LogP contribution in [0.3, 0.4) is 0 Å². The molecule has 0 bridgehead atoms. The van der Waals surface area contributed by atoms with Gasteiger partial charge in [0.25, 0.3) is 16.0 Å². The van der Waals surface area contributed by atoms with Crippen molar-refractivity contribution in [3.05, 3.63) is 53.6 Å². The predicted octanol–water partition coefficient (Wildman–Crippen LogP) is 1.67. The molecule has 0 radical (unpaired) electrons. The minimum absolute atomic E-state index is 0.168. The number of aromatic nitrogens is 3. The lowest BCUT2D eigenvalue weighted by Gasteiger charge is -2.06. The summed E-state index contributed by atoms with van der Waals surface area (Å²) in [4.78, 5) is 12.1. The van der Waals surface area contributed by atoms with Gasteiger partial charge in [0.15, 0.2) is 0 Å². The van der Waals surface area contributed by atoms with Crippen molar-refractivity contribution < 1.29 is 17.8 Å². The van der Waals surface area contributed by atoms with Gasteiger partial charge in [-0.05, 0) is 36.8 Å². The number of rotatable bonds is 2. The highest BCUT2D eigenvalue weighted by molar-refractivity contribution is 7.86. The number of carbonyl (C=O) groups is 1. The van der Waals surface area contributed by atoms with E-state index in [1.165, 1.54) is 18.2 Å². The standard InChI is InChI=1S/C14H11N3O4S/c1-9-6-7-11-12(8-9)17(16-15-11)14(18)10-4-2-3-5-13(10)22(19,20)21/h2-8H,1H3,(H,19,20,21). The molecule has 1 N–H and O–H groups in total. The molecule has 0 spiro atoms. The van der Waals surface area contributed by atoms with Gasteiger partial charge in [-0.25, -0.2) is 0 Å². The van der Waals surface area contributed by atoms with Gasteiger partial charge in [0.05, 0.1) is 11.1 Å². The second-order valence-electron chi connectivity index (χ2n) is 4.77. The Morgan fingerprint density at radius 3 is 2.64 bits per heavy atom. The summed E-state index contributed by atoms with van der Waals surface area (Å²) in [6.07, 6.45) is 0. The van der Waals surface area contributed by atoms with Crippen LogP contribution < -0.4 is 0 Å². The molecular formula is C14H11N3O4S. The Hall–Kier alpha value is -2.58. The number of aryl methyl sites for hydroxylation is 1. The van der Waals surface area contributed by atoms with Crippen LogP contribution >= 0.6 is 0 Å². The van der Waals surface area contributed by atoms with E-state index < -0.39 is 20.9 Å². The zero-order valence-corrected chi connectivity index (χ0v) is 12.3. The van der Waals surface area contributed by atoms with Gasteiger partial charge in [-0.15, -0.1) is 5.10 Å². The Labute approximate surface area is 125 Å². The molecule has 0 atom stereocenters. The van der Waals surface area contributed by atoms with Crippen molar-refractivity contribution in [3.8, 4) is 0 Å². The topological polar surface area (TPSA) is 102 Å². The molecule has 0 saturated heterocycles. The van der Waals surface area contributed by atoms with Gasteiger partial charge in [-0.1, -0.05) is 23.4 Å². The summed E-state index contributed by atoms with van der Waals surface area (Å²) >= 11 is 0. The number of hydrogen-bond donors (Lipinski definition) is 1. The molecule has 8 heteroatoms. The lowest BCUT2D eigenvalue weighted by atomic mass is 10.2. The van der Waals surface area contributed by atoms with Gasteiger partial charge >= 0.3 is 0 Å². The van der Waals surface area contributed by atoms with Gasteiger partial charge in [0.2, 0.25) is 0 Å². The van der Waals surface area contributed by atoms with Gasteiger partial charge in [-0.3, -0.25) is 9.35 Å². The zero-order chi connectivity index (χ0) is 15.9. The van der Waals surface area contributed by atoms with E-state index in [0.717, 1.165) is 16.3 Å². The van der Waals surface area contributed by atoms with Crippen LogP contribution in [0.5, 0.6) is 0 Å². The third-order valence-electron chi connectivity index (χ3n) is 3.19. The van der Waals surface area contributed by atoms with E-state index >= 15 is 0 Å². The maximum absolute atomic E-state index is 12.6. The van der Waals surface area contributed by atoms with E-state index in [0.29, 0.717) is 11.0 Å². The van der Waals surface area contributed by atoms with E-state index in [2.05, 4.69) is 10.3 Å². The number of hydrogen-bond acceptors (Lipinski definition) is 5. The van der Waals surface area contributed by atoms with Crippen LogP contribution in [0.1, 0.15) is 15.9 Å². The van der Waals surface area contributed by atoms with Gasteiger partial charge < -0.3 is 0 Å². The first-order valence-electron chi connectivity index (χ1n) is 6.31. The molecule has 0 fully saturated rings. The van der Waals surface area contributed by atoms with Crippen molar-refractivity contribution in [2.45, 2.75) is 11.8 Å². The summed E-state index contributed by atoms with van der Waals surface area (Å²) in [6.45, 7) is 1.85. The highest BCUT2D eigenvalue weighted by Gasteiger charge is 2.23. The van der Waals surface area contributed by atoms with Crippen LogP contribution in [0.15, 0.2) is 47.4 Å². The lowest BCUT2D eigenvalue weighted by Crippen LogP contribution is -2.17. The number of nitrogens with zero attached hydrogens (tertiary/aromatic N) is 3. The van der Waals surface area contributed by atoms with Crippen LogP contribution in [0.4, 0.5) is 0 Å². The van der Waals surface area contributed by atoms with Gasteiger partial charge in [-0.2, -0.15) is 13.1 Å². The molecule has 0 amide bonds. The zero-order valence-electron chi connectivity index (χ0n) is 11.5. The van der Waals surface area contributed by atoms with Crippen LogP contribution in [-0.4, -0.2) is 33.9 Å². The summed E-state index contributed by atoms with van der Waals surface area (Å²) in [6, 6.07) is 10.7. The van der Waals surface area contributed by atoms with Crippen LogP contribution in [0, 0.1) is 6.92 Å². The Bertz CT molecular complexity index is 992. The summed E-state index contributed by atoms with van der Waals surface area (Å²) < 4.78 is 33.1. The van der Waals surface area contributed by atoms with Crippen molar-refractivity contribution >= 4 is 27.1 Å². The quantitative estimate of drug-likeness (QED) is 0.721. The summed E-state index contributed by atoms with van der Waals surface area (Å²) in [7, 11) is -4.51. The maximum Gasteiger partial charge on any atom is 0.295 e.